The summed E-state index contributed by atoms with van der Waals surface area (Å²) in [5.74, 6) is 0.751. The van der Waals surface area contributed by atoms with Crippen LogP contribution in [0.5, 0.6) is 11.5 Å². The van der Waals surface area contributed by atoms with Crippen LogP contribution in [0.15, 0.2) is 46.0 Å². The van der Waals surface area contributed by atoms with Crippen molar-refractivity contribution in [3.8, 4) is 11.5 Å². The van der Waals surface area contributed by atoms with Crippen LogP contribution in [0.4, 0.5) is 0 Å². The smallest absolute Gasteiger partial charge is 0.332 e. The van der Waals surface area contributed by atoms with Crippen LogP contribution in [0.3, 0.4) is 0 Å². The van der Waals surface area contributed by atoms with Gasteiger partial charge >= 0.3 is 5.69 Å². The molecular formula is C29H36N4O6. The number of rotatable bonds is 10. The summed E-state index contributed by atoms with van der Waals surface area (Å²) in [6.45, 7) is 5.85. The zero-order valence-electron chi connectivity index (χ0n) is 23.0. The number of ether oxygens (including phenoxy) is 2. The van der Waals surface area contributed by atoms with Gasteiger partial charge in [0.15, 0.2) is 11.5 Å². The molecule has 0 unspecified atom stereocenters. The molecule has 10 nitrogen and oxygen atoms in total. The van der Waals surface area contributed by atoms with Crippen LogP contribution in [0, 0.1) is 5.92 Å². The van der Waals surface area contributed by atoms with E-state index in [-0.39, 0.29) is 35.8 Å². The van der Waals surface area contributed by atoms with Crippen LogP contribution in [0.25, 0.3) is 10.9 Å². The van der Waals surface area contributed by atoms with Gasteiger partial charge in [0, 0.05) is 31.3 Å². The highest BCUT2D eigenvalue weighted by Crippen LogP contribution is 2.30. The zero-order valence-corrected chi connectivity index (χ0v) is 23.0. The molecule has 208 valence electrons. The van der Waals surface area contributed by atoms with Crippen molar-refractivity contribution in [1.29, 1.82) is 0 Å². The first kappa shape index (κ1) is 27.9. The third-order valence-electron chi connectivity index (χ3n) is 7.01. The first-order chi connectivity index (χ1) is 18.7. The Bertz CT molecular complexity index is 1470. The van der Waals surface area contributed by atoms with Gasteiger partial charge in [0.1, 0.15) is 6.54 Å². The van der Waals surface area contributed by atoms with Crippen molar-refractivity contribution in [2.45, 2.75) is 46.2 Å². The second-order valence-electron chi connectivity index (χ2n) is 10.2. The summed E-state index contributed by atoms with van der Waals surface area (Å²) < 4.78 is 13.2. The summed E-state index contributed by atoms with van der Waals surface area (Å²) in [6, 6.07) is 10.0. The van der Waals surface area contributed by atoms with E-state index in [1.807, 2.05) is 4.90 Å². The Labute approximate surface area is 227 Å². The highest BCUT2D eigenvalue weighted by atomic mass is 16.5. The Kier molecular flexibility index (Phi) is 8.73. The highest BCUT2D eigenvalue weighted by molar-refractivity contribution is 5.94. The lowest BCUT2D eigenvalue weighted by molar-refractivity contribution is -0.121. The average Bonchev–Trinajstić information content (AvgIpc) is 3.47. The molecule has 4 rings (SSSR count). The van der Waals surface area contributed by atoms with Crippen LogP contribution in [-0.2, 0) is 17.9 Å². The normalized spacial score (nSPS) is 13.2. The molecule has 10 heteroatoms. The zero-order chi connectivity index (χ0) is 28.1. The van der Waals surface area contributed by atoms with Gasteiger partial charge in [-0.25, -0.2) is 4.79 Å². The number of carbonyl (C=O) groups excluding carboxylic acids is 2. The van der Waals surface area contributed by atoms with Gasteiger partial charge in [-0.05, 0) is 48.9 Å². The number of amides is 2. The number of hydrogen-bond acceptors (Lipinski definition) is 6. The molecule has 3 aromatic rings. The minimum absolute atomic E-state index is 0.0187. The molecule has 1 fully saturated rings. The number of hydrogen-bond donors (Lipinski definition) is 1. The summed E-state index contributed by atoms with van der Waals surface area (Å²) in [5, 5.41) is 3.08. The van der Waals surface area contributed by atoms with Crippen molar-refractivity contribution in [3.63, 3.8) is 0 Å². The summed E-state index contributed by atoms with van der Waals surface area (Å²) in [6.07, 6.45) is 2.82. The Morgan fingerprint density at radius 3 is 2.21 bits per heavy atom. The molecule has 0 radical (unpaired) electrons. The van der Waals surface area contributed by atoms with Gasteiger partial charge in [0.05, 0.1) is 31.7 Å². The third kappa shape index (κ3) is 6.16. The number of methoxy groups -OCH3 is 2. The van der Waals surface area contributed by atoms with Crippen molar-refractivity contribution >= 4 is 22.7 Å². The van der Waals surface area contributed by atoms with Crippen molar-refractivity contribution in [3.05, 3.63) is 68.4 Å². The fraction of sp³-hybridized carbons (Fsp3) is 0.448. The SMILES string of the molecule is COc1cc2c(=O)n(Cc3ccc(C(=O)N4CCCC4)cc3)c(=O)n(CC(=O)NCCC(C)C)c2cc1OC. The number of nitrogens with zero attached hydrogens (tertiary/aromatic N) is 3. The summed E-state index contributed by atoms with van der Waals surface area (Å²) in [7, 11) is 2.93. The predicted molar refractivity (Wildman–Crippen MR) is 149 cm³/mol. The molecule has 1 saturated heterocycles. The van der Waals surface area contributed by atoms with Gasteiger partial charge in [-0.15, -0.1) is 0 Å². The maximum absolute atomic E-state index is 13.6. The molecule has 39 heavy (non-hydrogen) atoms. The van der Waals surface area contributed by atoms with E-state index in [0.717, 1.165) is 36.9 Å². The Balaban J connectivity index is 1.72. The number of carbonyl (C=O) groups is 2. The van der Waals surface area contributed by atoms with E-state index >= 15 is 0 Å². The van der Waals surface area contributed by atoms with Gasteiger partial charge in [-0.3, -0.25) is 23.5 Å². The number of nitrogens with one attached hydrogen (secondary N) is 1. The fourth-order valence-electron chi connectivity index (χ4n) is 4.77. The highest BCUT2D eigenvalue weighted by Gasteiger charge is 2.21. The lowest BCUT2D eigenvalue weighted by Gasteiger charge is -2.17. The van der Waals surface area contributed by atoms with Crippen molar-refractivity contribution in [1.82, 2.24) is 19.4 Å². The second kappa shape index (κ2) is 12.2. The van der Waals surface area contributed by atoms with Crippen LogP contribution in [0.1, 0.15) is 49.0 Å². The molecule has 1 aliphatic rings. The van der Waals surface area contributed by atoms with Gasteiger partial charge in [0.2, 0.25) is 5.91 Å². The molecule has 1 N–H and O–H groups in total. The summed E-state index contributed by atoms with van der Waals surface area (Å²) >= 11 is 0. The Hall–Kier alpha value is -4.08. The van der Waals surface area contributed by atoms with Crippen molar-refractivity contribution in [2.75, 3.05) is 33.9 Å². The first-order valence-electron chi connectivity index (χ1n) is 13.3. The van der Waals surface area contributed by atoms with E-state index in [0.29, 0.717) is 35.1 Å². The first-order valence-corrected chi connectivity index (χ1v) is 13.3. The van der Waals surface area contributed by atoms with Gasteiger partial charge in [0.25, 0.3) is 11.5 Å². The molecule has 0 bridgehead atoms. The minimum Gasteiger partial charge on any atom is -0.493 e. The molecule has 0 atom stereocenters. The van der Waals surface area contributed by atoms with Crippen LogP contribution < -0.4 is 26.0 Å². The van der Waals surface area contributed by atoms with E-state index in [9.17, 15) is 19.2 Å². The number of aromatic nitrogens is 2. The van der Waals surface area contributed by atoms with Crippen LogP contribution >= 0.6 is 0 Å². The van der Waals surface area contributed by atoms with E-state index in [1.165, 1.54) is 24.9 Å². The molecule has 1 aliphatic heterocycles. The standard InChI is InChI=1S/C29H36N4O6/c1-19(2)11-12-30-26(34)18-32-23-16-25(39-4)24(38-3)15-22(23)28(36)33(29(32)37)17-20-7-9-21(10-8-20)27(35)31-13-5-6-14-31/h7-10,15-16,19H,5-6,11-14,17-18H2,1-4H3,(H,30,34). The lowest BCUT2D eigenvalue weighted by atomic mass is 10.1. The number of likely N-dealkylation sites (tertiary alicyclic amines) is 1. The maximum Gasteiger partial charge on any atom is 0.332 e. The van der Waals surface area contributed by atoms with Crippen LogP contribution in [0.2, 0.25) is 0 Å². The molecule has 1 aromatic heterocycles. The van der Waals surface area contributed by atoms with Crippen LogP contribution in [-0.4, -0.2) is 59.7 Å². The van der Waals surface area contributed by atoms with E-state index in [4.69, 9.17) is 9.47 Å². The molecule has 2 heterocycles. The topological polar surface area (TPSA) is 112 Å². The van der Waals surface area contributed by atoms with Gasteiger partial charge < -0.3 is 19.7 Å². The monoisotopic (exact) mass is 536 g/mol. The Morgan fingerprint density at radius 2 is 1.59 bits per heavy atom. The number of fused-ring (bicyclic) bond motifs is 1. The van der Waals surface area contributed by atoms with E-state index < -0.39 is 11.2 Å². The summed E-state index contributed by atoms with van der Waals surface area (Å²) in [4.78, 5) is 54.5. The summed E-state index contributed by atoms with van der Waals surface area (Å²) in [5.41, 5.74) is 0.406. The van der Waals surface area contributed by atoms with Gasteiger partial charge in [-0.2, -0.15) is 0 Å². The largest absolute Gasteiger partial charge is 0.493 e. The molecule has 0 saturated carbocycles. The third-order valence-corrected chi connectivity index (χ3v) is 7.01. The van der Waals surface area contributed by atoms with E-state index in [1.54, 1.807) is 30.3 Å². The fourth-order valence-corrected chi connectivity index (χ4v) is 4.77. The molecule has 2 aromatic carbocycles. The number of benzene rings is 2. The second-order valence-corrected chi connectivity index (χ2v) is 10.2. The van der Waals surface area contributed by atoms with Gasteiger partial charge in [-0.1, -0.05) is 26.0 Å². The quantitative estimate of drug-likeness (QED) is 0.426. The maximum atomic E-state index is 13.6. The van der Waals surface area contributed by atoms with Crippen molar-refractivity contribution in [2.24, 2.45) is 5.92 Å². The van der Waals surface area contributed by atoms with E-state index in [2.05, 4.69) is 19.2 Å². The predicted octanol–water partition coefficient (Wildman–Crippen LogP) is 2.63. The molecule has 0 aliphatic carbocycles. The molecular weight excluding hydrogens is 500 g/mol. The Morgan fingerprint density at radius 1 is 0.949 bits per heavy atom. The average molecular weight is 537 g/mol. The molecule has 2 amide bonds. The lowest BCUT2D eigenvalue weighted by Crippen LogP contribution is -2.43. The van der Waals surface area contributed by atoms with Crippen molar-refractivity contribution < 1.29 is 19.1 Å². The molecule has 0 spiro atoms. The minimum atomic E-state index is -0.615.